The van der Waals surface area contributed by atoms with Crippen molar-refractivity contribution in [1.82, 2.24) is 5.32 Å². The normalized spacial score (nSPS) is 12.5. The predicted molar refractivity (Wildman–Crippen MR) is 89.2 cm³/mol. The van der Waals surface area contributed by atoms with Gasteiger partial charge in [-0.25, -0.2) is 0 Å². The molecular weight excluding hydrogens is 274 g/mol. The molecule has 1 heterocycles. The van der Waals surface area contributed by atoms with Crippen molar-refractivity contribution >= 4 is 10.8 Å². The van der Waals surface area contributed by atoms with E-state index in [9.17, 15) is 0 Å². The molecule has 3 aromatic rings. The average Bonchev–Trinajstić information content (AvgIpc) is 2.98. The fraction of sp³-hybridized carbons (Fsp3) is 0.263. The summed E-state index contributed by atoms with van der Waals surface area (Å²) in [5.41, 5.74) is 1.26. The molecule has 0 saturated carbocycles. The third-order valence-corrected chi connectivity index (χ3v) is 3.91. The Balaban J connectivity index is 1.71. The highest BCUT2D eigenvalue weighted by Crippen LogP contribution is 2.22. The SMILES string of the molecule is COc1ccc2cc(CNC(C)c3ccc(C)o3)ccc2c1. The summed E-state index contributed by atoms with van der Waals surface area (Å²) in [4.78, 5) is 0. The third-order valence-electron chi connectivity index (χ3n) is 3.91. The van der Waals surface area contributed by atoms with Gasteiger partial charge in [0, 0.05) is 6.54 Å². The summed E-state index contributed by atoms with van der Waals surface area (Å²) in [6.07, 6.45) is 0. The van der Waals surface area contributed by atoms with Crippen molar-refractivity contribution in [3.63, 3.8) is 0 Å². The summed E-state index contributed by atoms with van der Waals surface area (Å²) in [6.45, 7) is 4.89. The maximum Gasteiger partial charge on any atom is 0.120 e. The van der Waals surface area contributed by atoms with Crippen LogP contribution >= 0.6 is 0 Å². The molecule has 0 aliphatic rings. The second kappa shape index (κ2) is 6.24. The van der Waals surface area contributed by atoms with Crippen LogP contribution < -0.4 is 10.1 Å². The minimum absolute atomic E-state index is 0.195. The van der Waals surface area contributed by atoms with Crippen LogP contribution in [0.4, 0.5) is 0 Å². The quantitative estimate of drug-likeness (QED) is 0.747. The van der Waals surface area contributed by atoms with Gasteiger partial charge in [-0.15, -0.1) is 0 Å². The zero-order valence-corrected chi connectivity index (χ0v) is 13.2. The number of ether oxygens (including phenoxy) is 1. The number of aryl methyl sites for hydroxylation is 1. The van der Waals surface area contributed by atoms with E-state index in [-0.39, 0.29) is 6.04 Å². The monoisotopic (exact) mass is 295 g/mol. The molecule has 0 bridgehead atoms. The first-order valence-electron chi connectivity index (χ1n) is 7.52. The molecule has 0 fully saturated rings. The van der Waals surface area contributed by atoms with E-state index >= 15 is 0 Å². The Kier molecular flexibility index (Phi) is 4.16. The number of benzene rings is 2. The van der Waals surface area contributed by atoms with Gasteiger partial charge in [0.1, 0.15) is 17.3 Å². The van der Waals surface area contributed by atoms with Gasteiger partial charge < -0.3 is 14.5 Å². The summed E-state index contributed by atoms with van der Waals surface area (Å²) >= 11 is 0. The smallest absolute Gasteiger partial charge is 0.120 e. The molecule has 0 amide bonds. The Morgan fingerprint density at radius 1 is 1.05 bits per heavy atom. The highest BCUT2D eigenvalue weighted by Gasteiger charge is 2.09. The van der Waals surface area contributed by atoms with Crippen molar-refractivity contribution in [1.29, 1.82) is 0 Å². The Morgan fingerprint density at radius 3 is 2.55 bits per heavy atom. The van der Waals surface area contributed by atoms with Crippen molar-refractivity contribution < 1.29 is 9.15 Å². The fourth-order valence-electron chi connectivity index (χ4n) is 2.57. The second-order valence-corrected chi connectivity index (χ2v) is 5.60. The first kappa shape index (κ1) is 14.7. The molecule has 2 aromatic carbocycles. The van der Waals surface area contributed by atoms with Crippen molar-refractivity contribution in [2.24, 2.45) is 0 Å². The minimum atomic E-state index is 0.195. The fourth-order valence-corrected chi connectivity index (χ4v) is 2.57. The molecule has 114 valence electrons. The zero-order valence-electron chi connectivity index (χ0n) is 13.2. The molecule has 1 N–H and O–H groups in total. The Morgan fingerprint density at radius 2 is 1.82 bits per heavy atom. The lowest BCUT2D eigenvalue weighted by molar-refractivity contribution is 0.415. The van der Waals surface area contributed by atoms with Gasteiger partial charge in [0.05, 0.1) is 13.2 Å². The van der Waals surface area contributed by atoms with Crippen LogP contribution in [0.5, 0.6) is 5.75 Å². The average molecular weight is 295 g/mol. The Bertz CT molecular complexity index is 776. The maximum atomic E-state index is 5.65. The number of rotatable bonds is 5. The van der Waals surface area contributed by atoms with Gasteiger partial charge >= 0.3 is 0 Å². The van der Waals surface area contributed by atoms with Crippen LogP contribution in [0.15, 0.2) is 52.9 Å². The topological polar surface area (TPSA) is 34.4 Å². The molecule has 0 spiro atoms. The zero-order chi connectivity index (χ0) is 15.5. The van der Waals surface area contributed by atoms with Crippen LogP contribution in [0.25, 0.3) is 10.8 Å². The van der Waals surface area contributed by atoms with E-state index in [1.807, 2.05) is 25.1 Å². The lowest BCUT2D eigenvalue weighted by atomic mass is 10.1. The first-order chi connectivity index (χ1) is 10.7. The second-order valence-electron chi connectivity index (χ2n) is 5.60. The van der Waals surface area contributed by atoms with Crippen LogP contribution in [0.1, 0.15) is 30.0 Å². The number of hydrogen-bond acceptors (Lipinski definition) is 3. The summed E-state index contributed by atoms with van der Waals surface area (Å²) in [6, 6.07) is 16.9. The van der Waals surface area contributed by atoms with Crippen LogP contribution in [0, 0.1) is 6.92 Å². The lowest BCUT2D eigenvalue weighted by Gasteiger charge is -2.12. The van der Waals surface area contributed by atoms with Crippen molar-refractivity contribution in [3.05, 3.63) is 65.6 Å². The molecule has 3 heteroatoms. The Labute approximate surface area is 130 Å². The van der Waals surface area contributed by atoms with E-state index in [0.29, 0.717) is 0 Å². The van der Waals surface area contributed by atoms with Gasteiger partial charge in [-0.05, 0) is 60.5 Å². The molecule has 1 unspecified atom stereocenters. The van der Waals surface area contributed by atoms with Gasteiger partial charge in [0.15, 0.2) is 0 Å². The van der Waals surface area contributed by atoms with E-state index in [1.165, 1.54) is 16.3 Å². The highest BCUT2D eigenvalue weighted by molar-refractivity contribution is 5.84. The number of hydrogen-bond donors (Lipinski definition) is 1. The van der Waals surface area contributed by atoms with Crippen LogP contribution in [0.3, 0.4) is 0 Å². The van der Waals surface area contributed by atoms with E-state index in [1.54, 1.807) is 7.11 Å². The first-order valence-corrected chi connectivity index (χ1v) is 7.52. The van der Waals surface area contributed by atoms with Crippen LogP contribution in [-0.2, 0) is 6.54 Å². The van der Waals surface area contributed by atoms with Gasteiger partial charge in [-0.2, -0.15) is 0 Å². The standard InChI is InChI=1S/C19H21NO2/c1-13-4-9-19(22-13)14(2)20-12-15-5-6-17-11-18(21-3)8-7-16(17)10-15/h4-11,14,20H,12H2,1-3H3. The number of nitrogens with one attached hydrogen (secondary N) is 1. The van der Waals surface area contributed by atoms with Crippen molar-refractivity contribution in [3.8, 4) is 5.75 Å². The third kappa shape index (κ3) is 3.15. The largest absolute Gasteiger partial charge is 0.497 e. The summed E-state index contributed by atoms with van der Waals surface area (Å²) < 4.78 is 10.9. The molecule has 0 aliphatic heterocycles. The van der Waals surface area contributed by atoms with Crippen LogP contribution in [0.2, 0.25) is 0 Å². The molecule has 3 rings (SSSR count). The summed E-state index contributed by atoms with van der Waals surface area (Å²) in [5, 5.41) is 5.91. The van der Waals surface area contributed by atoms with Gasteiger partial charge in [0.25, 0.3) is 0 Å². The van der Waals surface area contributed by atoms with Crippen molar-refractivity contribution in [2.45, 2.75) is 26.4 Å². The van der Waals surface area contributed by atoms with Crippen LogP contribution in [-0.4, -0.2) is 7.11 Å². The van der Waals surface area contributed by atoms with E-state index < -0.39 is 0 Å². The molecular formula is C19H21NO2. The molecule has 0 saturated heterocycles. The molecule has 3 nitrogen and oxygen atoms in total. The molecule has 0 aliphatic carbocycles. The molecule has 1 atom stereocenters. The predicted octanol–water partition coefficient (Wildman–Crippen LogP) is 4.60. The van der Waals surface area contributed by atoms with Gasteiger partial charge in [-0.3, -0.25) is 0 Å². The summed E-state index contributed by atoms with van der Waals surface area (Å²) in [5.74, 6) is 2.81. The van der Waals surface area contributed by atoms with E-state index in [4.69, 9.17) is 9.15 Å². The number of furan rings is 1. The minimum Gasteiger partial charge on any atom is -0.497 e. The number of methoxy groups -OCH3 is 1. The van der Waals surface area contributed by atoms with Gasteiger partial charge in [-0.1, -0.05) is 18.2 Å². The van der Waals surface area contributed by atoms with E-state index in [2.05, 4.69) is 42.6 Å². The highest BCUT2D eigenvalue weighted by atomic mass is 16.5. The molecule has 0 radical (unpaired) electrons. The number of fused-ring (bicyclic) bond motifs is 1. The van der Waals surface area contributed by atoms with Crippen molar-refractivity contribution in [2.75, 3.05) is 7.11 Å². The summed E-state index contributed by atoms with van der Waals surface area (Å²) in [7, 11) is 1.69. The Hall–Kier alpha value is -2.26. The van der Waals surface area contributed by atoms with E-state index in [0.717, 1.165) is 23.8 Å². The lowest BCUT2D eigenvalue weighted by Crippen LogP contribution is -2.17. The van der Waals surface area contributed by atoms with Gasteiger partial charge in [0.2, 0.25) is 0 Å². The maximum absolute atomic E-state index is 5.65. The molecule has 1 aromatic heterocycles. The molecule has 22 heavy (non-hydrogen) atoms.